The first-order valence-electron chi connectivity index (χ1n) is 11.3. The SMILES string of the molecule is CCCN(CCOC)CC(C)CC1CCC(CC(C)C)N(CC(C)C)C1. The second-order valence-electron chi connectivity index (χ2n) is 9.71. The largest absolute Gasteiger partial charge is 0.383 e. The van der Waals surface area contributed by atoms with Gasteiger partial charge in [-0.1, -0.05) is 41.5 Å². The van der Waals surface area contributed by atoms with Crippen molar-refractivity contribution in [2.75, 3.05) is 46.4 Å². The topological polar surface area (TPSA) is 15.7 Å². The zero-order valence-corrected chi connectivity index (χ0v) is 19.0. The molecule has 1 heterocycles. The molecule has 0 N–H and O–H groups in total. The first kappa shape index (κ1) is 23.9. The zero-order valence-electron chi connectivity index (χ0n) is 19.0. The van der Waals surface area contributed by atoms with Crippen LogP contribution in [0.5, 0.6) is 0 Å². The number of rotatable bonds is 13. The van der Waals surface area contributed by atoms with Crippen LogP contribution in [0.4, 0.5) is 0 Å². The average Bonchev–Trinajstić information content (AvgIpc) is 2.54. The monoisotopic (exact) mass is 368 g/mol. The summed E-state index contributed by atoms with van der Waals surface area (Å²) >= 11 is 0. The smallest absolute Gasteiger partial charge is 0.0589 e. The van der Waals surface area contributed by atoms with Crippen molar-refractivity contribution in [1.82, 2.24) is 9.80 Å². The van der Waals surface area contributed by atoms with Gasteiger partial charge >= 0.3 is 0 Å². The van der Waals surface area contributed by atoms with Gasteiger partial charge in [0, 0.05) is 39.3 Å². The van der Waals surface area contributed by atoms with Gasteiger partial charge in [0.15, 0.2) is 0 Å². The van der Waals surface area contributed by atoms with Crippen molar-refractivity contribution < 1.29 is 4.74 Å². The van der Waals surface area contributed by atoms with E-state index < -0.39 is 0 Å². The van der Waals surface area contributed by atoms with Gasteiger partial charge in [-0.2, -0.15) is 0 Å². The second-order valence-corrected chi connectivity index (χ2v) is 9.71. The van der Waals surface area contributed by atoms with Crippen LogP contribution in [0.2, 0.25) is 0 Å². The molecular formula is C23H48N2O. The summed E-state index contributed by atoms with van der Waals surface area (Å²) in [5.41, 5.74) is 0. The Balaban J connectivity index is 2.52. The fourth-order valence-corrected chi connectivity index (χ4v) is 4.79. The van der Waals surface area contributed by atoms with Gasteiger partial charge in [0.25, 0.3) is 0 Å². The van der Waals surface area contributed by atoms with Crippen molar-refractivity contribution in [3.63, 3.8) is 0 Å². The third-order valence-electron chi connectivity index (χ3n) is 5.72. The molecule has 3 nitrogen and oxygen atoms in total. The Hall–Kier alpha value is -0.120. The van der Waals surface area contributed by atoms with E-state index in [2.05, 4.69) is 51.3 Å². The zero-order chi connectivity index (χ0) is 19.5. The maximum Gasteiger partial charge on any atom is 0.0589 e. The highest BCUT2D eigenvalue weighted by atomic mass is 16.5. The van der Waals surface area contributed by atoms with E-state index in [0.29, 0.717) is 0 Å². The lowest BCUT2D eigenvalue weighted by molar-refractivity contribution is 0.0681. The number of piperidine rings is 1. The van der Waals surface area contributed by atoms with Crippen LogP contribution < -0.4 is 0 Å². The molecule has 3 heteroatoms. The first-order chi connectivity index (χ1) is 12.3. The van der Waals surface area contributed by atoms with Crippen LogP contribution in [0.15, 0.2) is 0 Å². The minimum Gasteiger partial charge on any atom is -0.383 e. The Morgan fingerprint density at radius 2 is 1.73 bits per heavy atom. The minimum atomic E-state index is 0.773. The molecule has 0 aromatic rings. The summed E-state index contributed by atoms with van der Waals surface area (Å²) in [7, 11) is 1.81. The molecule has 0 amide bonds. The number of likely N-dealkylation sites (tertiary alicyclic amines) is 1. The Kier molecular flexibility index (Phi) is 12.1. The first-order valence-corrected chi connectivity index (χ1v) is 11.3. The Morgan fingerprint density at radius 1 is 1.00 bits per heavy atom. The van der Waals surface area contributed by atoms with Crippen LogP contribution >= 0.6 is 0 Å². The molecule has 0 aromatic carbocycles. The van der Waals surface area contributed by atoms with Crippen LogP contribution in [-0.2, 0) is 4.74 Å². The van der Waals surface area contributed by atoms with Gasteiger partial charge in [-0.3, -0.25) is 4.90 Å². The molecule has 156 valence electrons. The summed E-state index contributed by atoms with van der Waals surface area (Å²) in [6.45, 7) is 21.2. The van der Waals surface area contributed by atoms with Crippen molar-refractivity contribution in [2.24, 2.45) is 23.7 Å². The molecular weight excluding hydrogens is 320 g/mol. The van der Waals surface area contributed by atoms with Gasteiger partial charge in [0.2, 0.25) is 0 Å². The van der Waals surface area contributed by atoms with Gasteiger partial charge in [-0.15, -0.1) is 0 Å². The minimum absolute atomic E-state index is 0.773. The van der Waals surface area contributed by atoms with Crippen molar-refractivity contribution in [1.29, 1.82) is 0 Å². The Labute approximate surface area is 164 Å². The molecule has 0 saturated carbocycles. The van der Waals surface area contributed by atoms with Crippen LogP contribution in [0.3, 0.4) is 0 Å². The fourth-order valence-electron chi connectivity index (χ4n) is 4.79. The summed E-state index contributed by atoms with van der Waals surface area (Å²) in [6.07, 6.45) is 6.83. The molecule has 0 aliphatic carbocycles. The molecule has 1 rings (SSSR count). The van der Waals surface area contributed by atoms with E-state index in [1.807, 2.05) is 7.11 Å². The molecule has 1 fully saturated rings. The highest BCUT2D eigenvalue weighted by molar-refractivity contribution is 4.84. The number of ether oxygens (including phenoxy) is 1. The summed E-state index contributed by atoms with van der Waals surface area (Å²) in [5.74, 6) is 3.26. The molecule has 3 unspecified atom stereocenters. The highest BCUT2D eigenvalue weighted by Gasteiger charge is 2.29. The van der Waals surface area contributed by atoms with E-state index >= 15 is 0 Å². The van der Waals surface area contributed by atoms with Gasteiger partial charge in [0.1, 0.15) is 0 Å². The number of hydrogen-bond donors (Lipinski definition) is 0. The summed E-state index contributed by atoms with van der Waals surface area (Å²) in [6, 6.07) is 0.822. The van der Waals surface area contributed by atoms with Gasteiger partial charge < -0.3 is 9.64 Å². The summed E-state index contributed by atoms with van der Waals surface area (Å²) in [4.78, 5) is 5.44. The normalized spacial score (nSPS) is 23.3. The van der Waals surface area contributed by atoms with Crippen molar-refractivity contribution in [2.45, 2.75) is 79.7 Å². The number of nitrogens with zero attached hydrogens (tertiary/aromatic N) is 2. The second kappa shape index (κ2) is 13.1. The molecule has 0 spiro atoms. The van der Waals surface area contributed by atoms with Crippen molar-refractivity contribution in [3.8, 4) is 0 Å². The standard InChI is InChI=1S/C23H48N2O/c1-8-11-24(12-13-26-7)17-21(6)15-22-9-10-23(14-19(2)3)25(18-22)16-20(4)5/h19-23H,8-18H2,1-7H3. The molecule has 0 aromatic heterocycles. The Morgan fingerprint density at radius 3 is 2.31 bits per heavy atom. The third-order valence-corrected chi connectivity index (χ3v) is 5.72. The number of methoxy groups -OCH3 is 1. The molecule has 26 heavy (non-hydrogen) atoms. The van der Waals surface area contributed by atoms with E-state index in [1.165, 1.54) is 58.3 Å². The molecule has 1 aliphatic heterocycles. The van der Waals surface area contributed by atoms with Crippen molar-refractivity contribution >= 4 is 0 Å². The maximum absolute atomic E-state index is 5.30. The average molecular weight is 369 g/mol. The predicted octanol–water partition coefficient (Wildman–Crippen LogP) is 5.15. The number of hydrogen-bond acceptors (Lipinski definition) is 3. The van der Waals surface area contributed by atoms with Crippen LogP contribution in [0.25, 0.3) is 0 Å². The molecule has 0 bridgehead atoms. The summed E-state index contributed by atoms with van der Waals surface area (Å²) < 4.78 is 5.30. The summed E-state index contributed by atoms with van der Waals surface area (Å²) in [5, 5.41) is 0. The van der Waals surface area contributed by atoms with Gasteiger partial charge in [-0.05, 0) is 62.3 Å². The van der Waals surface area contributed by atoms with E-state index in [4.69, 9.17) is 4.74 Å². The van der Waals surface area contributed by atoms with Crippen LogP contribution in [0, 0.1) is 23.7 Å². The fraction of sp³-hybridized carbons (Fsp3) is 1.00. The molecule has 1 aliphatic rings. The molecule has 3 atom stereocenters. The molecule has 1 saturated heterocycles. The van der Waals surface area contributed by atoms with Crippen molar-refractivity contribution in [3.05, 3.63) is 0 Å². The quantitative estimate of drug-likeness (QED) is 0.447. The lowest BCUT2D eigenvalue weighted by atomic mass is 9.83. The predicted molar refractivity (Wildman–Crippen MR) is 115 cm³/mol. The lowest BCUT2D eigenvalue weighted by Gasteiger charge is -2.42. The Bertz CT molecular complexity index is 345. The maximum atomic E-state index is 5.30. The van der Waals surface area contributed by atoms with Crippen LogP contribution in [-0.4, -0.2) is 62.3 Å². The third kappa shape index (κ3) is 9.71. The highest BCUT2D eigenvalue weighted by Crippen LogP contribution is 2.30. The molecule has 0 radical (unpaired) electrons. The van der Waals surface area contributed by atoms with E-state index in [-0.39, 0.29) is 0 Å². The van der Waals surface area contributed by atoms with Gasteiger partial charge in [0.05, 0.1) is 6.61 Å². The van der Waals surface area contributed by atoms with Gasteiger partial charge in [-0.25, -0.2) is 0 Å². The van der Waals surface area contributed by atoms with Crippen LogP contribution in [0.1, 0.15) is 73.6 Å². The van der Waals surface area contributed by atoms with E-state index in [0.717, 1.165) is 42.9 Å². The van der Waals surface area contributed by atoms with E-state index in [1.54, 1.807) is 0 Å². The van der Waals surface area contributed by atoms with E-state index in [9.17, 15) is 0 Å². The lowest BCUT2D eigenvalue weighted by Crippen LogP contribution is -2.46.